The molecule has 0 saturated heterocycles. The summed E-state index contributed by atoms with van der Waals surface area (Å²) >= 11 is 0. The molecule has 0 aliphatic rings. The van der Waals surface area contributed by atoms with Gasteiger partial charge in [-0.3, -0.25) is 9.48 Å². The Morgan fingerprint density at radius 3 is 2.72 bits per heavy atom. The molecule has 0 unspecified atom stereocenters. The lowest BCUT2D eigenvalue weighted by atomic mass is 10.2. The molecule has 7 nitrogen and oxygen atoms in total. The van der Waals surface area contributed by atoms with Gasteiger partial charge in [-0.05, 0) is 38.5 Å². The van der Waals surface area contributed by atoms with E-state index in [1.165, 1.54) is 0 Å². The molecule has 0 atom stereocenters. The van der Waals surface area contributed by atoms with Gasteiger partial charge in [-0.1, -0.05) is 6.92 Å². The Bertz CT molecular complexity index is 805. The highest BCUT2D eigenvalue weighted by molar-refractivity contribution is 5.95. The summed E-state index contributed by atoms with van der Waals surface area (Å²) in [6.07, 6.45) is 0.954. The van der Waals surface area contributed by atoms with Crippen LogP contribution in [0.4, 0.5) is 11.4 Å². The molecule has 1 aromatic heterocycles. The molecule has 0 bridgehead atoms. The number of nitriles is 1. The summed E-state index contributed by atoms with van der Waals surface area (Å²) in [6, 6.07) is 7.23. The van der Waals surface area contributed by atoms with Crippen LogP contribution in [0.1, 0.15) is 30.3 Å². The van der Waals surface area contributed by atoms with Crippen molar-refractivity contribution in [1.82, 2.24) is 9.78 Å². The number of benzene rings is 1. The first-order valence-corrected chi connectivity index (χ1v) is 8.17. The Balaban J connectivity index is 2.07. The largest absolute Gasteiger partial charge is 0.480 e. The van der Waals surface area contributed by atoms with Crippen LogP contribution in [0.25, 0.3) is 0 Å². The van der Waals surface area contributed by atoms with Crippen molar-refractivity contribution in [2.75, 3.05) is 23.8 Å². The third-order valence-corrected chi connectivity index (χ3v) is 3.78. The highest BCUT2D eigenvalue weighted by Gasteiger charge is 2.14. The van der Waals surface area contributed by atoms with Crippen molar-refractivity contribution >= 4 is 17.3 Å². The van der Waals surface area contributed by atoms with E-state index in [0.29, 0.717) is 17.0 Å². The first kappa shape index (κ1) is 18.3. The van der Waals surface area contributed by atoms with Gasteiger partial charge in [0.25, 0.3) is 5.91 Å². The molecule has 0 aliphatic heterocycles. The molecule has 1 aromatic carbocycles. The predicted molar refractivity (Wildman–Crippen MR) is 96.7 cm³/mol. The molecule has 0 saturated carbocycles. The summed E-state index contributed by atoms with van der Waals surface area (Å²) in [5.41, 5.74) is 3.44. The van der Waals surface area contributed by atoms with Gasteiger partial charge in [0.1, 0.15) is 5.69 Å². The molecule has 132 valence electrons. The van der Waals surface area contributed by atoms with Gasteiger partial charge in [0, 0.05) is 13.6 Å². The second-order valence-corrected chi connectivity index (χ2v) is 5.76. The second kappa shape index (κ2) is 8.20. The number of hydrogen-bond donors (Lipinski definition) is 2. The van der Waals surface area contributed by atoms with E-state index >= 15 is 0 Å². The molecular weight excluding hydrogens is 318 g/mol. The van der Waals surface area contributed by atoms with Crippen molar-refractivity contribution in [3.8, 4) is 11.8 Å². The van der Waals surface area contributed by atoms with Gasteiger partial charge in [-0.25, -0.2) is 0 Å². The van der Waals surface area contributed by atoms with Gasteiger partial charge in [0.15, 0.2) is 12.4 Å². The average molecular weight is 341 g/mol. The van der Waals surface area contributed by atoms with Crippen LogP contribution >= 0.6 is 0 Å². The van der Waals surface area contributed by atoms with Crippen LogP contribution < -0.4 is 15.4 Å². The Kier molecular flexibility index (Phi) is 6.01. The van der Waals surface area contributed by atoms with Crippen molar-refractivity contribution in [1.29, 1.82) is 5.26 Å². The van der Waals surface area contributed by atoms with Gasteiger partial charge in [-0.2, -0.15) is 10.4 Å². The fourth-order valence-corrected chi connectivity index (χ4v) is 2.42. The van der Waals surface area contributed by atoms with Gasteiger partial charge in [-0.15, -0.1) is 0 Å². The maximum absolute atomic E-state index is 12.3. The van der Waals surface area contributed by atoms with Crippen molar-refractivity contribution in [2.24, 2.45) is 7.05 Å². The van der Waals surface area contributed by atoms with E-state index in [2.05, 4.69) is 28.7 Å². The molecule has 0 radical (unpaired) electrons. The molecular formula is C18H23N5O2. The Labute approximate surface area is 147 Å². The highest BCUT2D eigenvalue weighted by Crippen LogP contribution is 2.24. The quantitative estimate of drug-likeness (QED) is 0.808. The molecule has 0 aliphatic carbocycles. The zero-order chi connectivity index (χ0) is 18.4. The van der Waals surface area contributed by atoms with Gasteiger partial charge >= 0.3 is 0 Å². The number of hydrogen-bond acceptors (Lipinski definition) is 5. The first-order chi connectivity index (χ1) is 12.0. The zero-order valence-corrected chi connectivity index (χ0v) is 15.0. The van der Waals surface area contributed by atoms with Crippen molar-refractivity contribution < 1.29 is 9.53 Å². The van der Waals surface area contributed by atoms with E-state index in [1.54, 1.807) is 22.9 Å². The van der Waals surface area contributed by atoms with Crippen LogP contribution in [-0.2, 0) is 11.8 Å². The molecule has 7 heteroatoms. The second-order valence-electron chi connectivity index (χ2n) is 5.76. The number of amides is 1. The summed E-state index contributed by atoms with van der Waals surface area (Å²) in [7, 11) is 1.83. The van der Waals surface area contributed by atoms with Crippen molar-refractivity contribution in [3.63, 3.8) is 0 Å². The number of carbonyl (C=O) groups excluding carboxylic acids is 1. The van der Waals surface area contributed by atoms with E-state index in [-0.39, 0.29) is 12.5 Å². The van der Waals surface area contributed by atoms with Crippen molar-refractivity contribution in [2.45, 2.75) is 27.2 Å². The third-order valence-electron chi connectivity index (χ3n) is 3.78. The molecule has 2 rings (SSSR count). The molecule has 25 heavy (non-hydrogen) atoms. The molecule has 0 spiro atoms. The molecule has 2 N–H and O–H groups in total. The number of nitrogens with one attached hydrogen (secondary N) is 2. The first-order valence-electron chi connectivity index (χ1n) is 8.17. The number of rotatable bonds is 7. The number of ether oxygens (including phenoxy) is 1. The van der Waals surface area contributed by atoms with E-state index < -0.39 is 0 Å². The van der Waals surface area contributed by atoms with Crippen molar-refractivity contribution in [3.05, 3.63) is 35.2 Å². The van der Waals surface area contributed by atoms with Gasteiger partial charge < -0.3 is 15.4 Å². The maximum atomic E-state index is 12.3. The monoisotopic (exact) mass is 341 g/mol. The lowest BCUT2D eigenvalue weighted by molar-refractivity contribution is -0.118. The van der Waals surface area contributed by atoms with Crippen LogP contribution in [0, 0.1) is 25.2 Å². The number of aromatic nitrogens is 2. The fraction of sp³-hybridized carbons (Fsp3) is 0.389. The van der Waals surface area contributed by atoms with Crippen LogP contribution in [0.15, 0.2) is 18.2 Å². The highest BCUT2D eigenvalue weighted by atomic mass is 16.5. The van der Waals surface area contributed by atoms with E-state index in [1.807, 2.05) is 20.9 Å². The molecule has 0 fully saturated rings. The SMILES string of the molecule is CCCNc1ccc(C#N)cc1NC(=O)COc1c(C)nn(C)c1C. The molecule has 2 aromatic rings. The summed E-state index contributed by atoms with van der Waals surface area (Å²) in [5.74, 6) is 0.324. The number of carbonyl (C=O) groups is 1. The van der Waals surface area contributed by atoms with E-state index in [4.69, 9.17) is 10.00 Å². The Hall–Kier alpha value is -3.01. The molecule has 1 heterocycles. The van der Waals surface area contributed by atoms with Crippen LogP contribution in [0.5, 0.6) is 5.75 Å². The van der Waals surface area contributed by atoms with Crippen LogP contribution in [0.2, 0.25) is 0 Å². The zero-order valence-electron chi connectivity index (χ0n) is 15.0. The predicted octanol–water partition coefficient (Wildman–Crippen LogP) is 2.75. The normalized spacial score (nSPS) is 10.2. The topological polar surface area (TPSA) is 92.0 Å². The minimum absolute atomic E-state index is 0.128. The van der Waals surface area contributed by atoms with E-state index in [0.717, 1.165) is 30.0 Å². The summed E-state index contributed by atoms with van der Waals surface area (Å²) in [4.78, 5) is 12.3. The smallest absolute Gasteiger partial charge is 0.262 e. The van der Waals surface area contributed by atoms with Crippen LogP contribution in [-0.4, -0.2) is 28.8 Å². The summed E-state index contributed by atoms with van der Waals surface area (Å²) in [6.45, 7) is 6.43. The van der Waals surface area contributed by atoms with E-state index in [9.17, 15) is 4.79 Å². The number of aryl methyl sites for hydroxylation is 2. The van der Waals surface area contributed by atoms with Gasteiger partial charge in [0.2, 0.25) is 0 Å². The lowest BCUT2D eigenvalue weighted by Gasteiger charge is -2.13. The van der Waals surface area contributed by atoms with Crippen LogP contribution in [0.3, 0.4) is 0 Å². The maximum Gasteiger partial charge on any atom is 0.262 e. The average Bonchev–Trinajstić information content (AvgIpc) is 2.84. The third kappa shape index (κ3) is 4.51. The Morgan fingerprint density at radius 1 is 1.36 bits per heavy atom. The number of anilines is 2. The molecule has 1 amide bonds. The minimum atomic E-state index is -0.294. The van der Waals surface area contributed by atoms with Gasteiger partial charge in [0.05, 0.1) is 28.7 Å². The minimum Gasteiger partial charge on any atom is -0.480 e. The Morgan fingerprint density at radius 2 is 2.12 bits per heavy atom. The fourth-order valence-electron chi connectivity index (χ4n) is 2.42. The number of nitrogens with zero attached hydrogens (tertiary/aromatic N) is 3. The standard InChI is InChI=1S/C18H23N5O2/c1-5-8-20-15-7-6-14(10-19)9-16(15)21-17(24)11-25-18-12(2)22-23(4)13(18)3/h6-7,9,20H,5,8,11H2,1-4H3,(H,21,24). The summed E-state index contributed by atoms with van der Waals surface area (Å²) in [5, 5.41) is 19.4. The lowest BCUT2D eigenvalue weighted by Crippen LogP contribution is -2.21. The summed E-state index contributed by atoms with van der Waals surface area (Å²) < 4.78 is 7.33.